The van der Waals surface area contributed by atoms with Crippen LogP contribution in [0.15, 0.2) is 182 Å². The van der Waals surface area contributed by atoms with Crippen LogP contribution < -0.4 is 0 Å². The fraction of sp³-hybridized carbons (Fsp3) is 0. The van der Waals surface area contributed by atoms with Crippen LogP contribution in [0.3, 0.4) is 0 Å². The minimum Gasteiger partial charge on any atom is -0.299 e. The van der Waals surface area contributed by atoms with Crippen molar-refractivity contribution in [2.45, 2.75) is 0 Å². The Bertz CT molecular complexity index is 3140. The molecule has 5 aromatic carbocycles. The van der Waals surface area contributed by atoms with E-state index in [9.17, 15) is 0 Å². The van der Waals surface area contributed by atoms with Gasteiger partial charge in [-0.1, -0.05) is 109 Å². The predicted molar refractivity (Wildman–Crippen MR) is 226 cm³/mol. The molecule has 0 saturated carbocycles. The van der Waals surface area contributed by atoms with Crippen LogP contribution in [-0.2, 0) is 0 Å². The Labute approximate surface area is 315 Å². The molecule has 4 nitrogen and oxygen atoms in total. The zero-order valence-electron chi connectivity index (χ0n) is 29.0. The van der Waals surface area contributed by atoms with Gasteiger partial charge in [0.25, 0.3) is 0 Å². The van der Waals surface area contributed by atoms with Crippen LogP contribution in [0.4, 0.5) is 0 Å². The number of thiophene rings is 1. The Kier molecular flexibility index (Phi) is 7.00. The molecule has 0 radical (unpaired) electrons. The number of aromatic nitrogens is 4. The van der Waals surface area contributed by atoms with Gasteiger partial charge < -0.3 is 0 Å². The molecule has 6 aromatic heterocycles. The van der Waals surface area contributed by atoms with Gasteiger partial charge in [-0.2, -0.15) is 0 Å². The van der Waals surface area contributed by atoms with Gasteiger partial charge in [-0.05, 0) is 93.9 Å². The minimum atomic E-state index is 0.813. The van der Waals surface area contributed by atoms with Crippen molar-refractivity contribution in [3.05, 3.63) is 182 Å². The Morgan fingerprint density at radius 2 is 1.04 bits per heavy atom. The summed E-state index contributed by atoms with van der Waals surface area (Å²) >= 11 is 1.88. The van der Waals surface area contributed by atoms with E-state index in [0.717, 1.165) is 39.5 Å². The molecule has 0 bridgehead atoms. The molecule has 0 amide bonds. The highest BCUT2D eigenvalue weighted by atomic mass is 32.1. The number of hydrogen-bond acceptors (Lipinski definition) is 4. The molecule has 0 N–H and O–H groups in total. The maximum atomic E-state index is 5.01. The molecular formula is C49H30N4S. The highest BCUT2D eigenvalue weighted by Crippen LogP contribution is 2.47. The lowest BCUT2D eigenvalue weighted by atomic mass is 9.94. The third-order valence-electron chi connectivity index (χ3n) is 10.5. The van der Waals surface area contributed by atoms with Crippen molar-refractivity contribution in [2.75, 3.05) is 0 Å². The highest BCUT2D eigenvalue weighted by Gasteiger charge is 2.22. The molecule has 0 saturated heterocycles. The van der Waals surface area contributed by atoms with Crippen LogP contribution in [0.25, 0.3) is 104 Å². The fourth-order valence-corrected chi connectivity index (χ4v) is 9.30. The SMILES string of the molecule is c1ccc(-c2c3ccccc3n3c4sc5ccccc5c4c4ccc(-c5cccc(-c6cc(-c7ccccn7)nc(-c7ccccn7)c6)c5)cc4c23)cc1. The second kappa shape index (κ2) is 12.3. The lowest BCUT2D eigenvalue weighted by Gasteiger charge is -2.13. The molecule has 54 heavy (non-hydrogen) atoms. The smallest absolute Gasteiger partial charge is 0.109 e. The number of benzene rings is 5. The van der Waals surface area contributed by atoms with Crippen LogP contribution >= 0.6 is 11.3 Å². The first-order chi connectivity index (χ1) is 26.8. The summed E-state index contributed by atoms with van der Waals surface area (Å²) in [6.07, 6.45) is 3.62. The van der Waals surface area contributed by atoms with E-state index in [4.69, 9.17) is 4.98 Å². The Morgan fingerprint density at radius 1 is 0.407 bits per heavy atom. The quantitative estimate of drug-likeness (QED) is 0.179. The van der Waals surface area contributed by atoms with Crippen LogP contribution in [0.1, 0.15) is 0 Å². The molecule has 11 rings (SSSR count). The zero-order chi connectivity index (χ0) is 35.6. The van der Waals surface area contributed by atoms with Gasteiger partial charge >= 0.3 is 0 Å². The molecule has 0 fully saturated rings. The highest BCUT2D eigenvalue weighted by molar-refractivity contribution is 7.25. The molecule has 0 aliphatic carbocycles. The van der Waals surface area contributed by atoms with E-state index in [2.05, 4.69) is 148 Å². The monoisotopic (exact) mass is 706 g/mol. The molecule has 0 unspecified atom stereocenters. The first kappa shape index (κ1) is 30.7. The summed E-state index contributed by atoms with van der Waals surface area (Å²) in [6, 6.07) is 60.6. The number of nitrogens with zero attached hydrogens (tertiary/aromatic N) is 4. The third kappa shape index (κ3) is 4.86. The summed E-state index contributed by atoms with van der Waals surface area (Å²) in [6.45, 7) is 0. The summed E-state index contributed by atoms with van der Waals surface area (Å²) in [5.74, 6) is 0. The summed E-state index contributed by atoms with van der Waals surface area (Å²) in [4.78, 5) is 15.6. The summed E-state index contributed by atoms with van der Waals surface area (Å²) in [5.41, 5.74) is 12.7. The van der Waals surface area contributed by atoms with Crippen LogP contribution in [0.5, 0.6) is 0 Å². The Hall–Kier alpha value is -6.95. The number of fused-ring (bicyclic) bond motifs is 10. The average molecular weight is 707 g/mol. The van der Waals surface area contributed by atoms with E-state index in [1.54, 1.807) is 0 Å². The average Bonchev–Trinajstić information content (AvgIpc) is 3.81. The first-order valence-electron chi connectivity index (χ1n) is 18.1. The van der Waals surface area contributed by atoms with Crippen molar-refractivity contribution < 1.29 is 0 Å². The molecular weight excluding hydrogens is 677 g/mol. The largest absolute Gasteiger partial charge is 0.299 e. The lowest BCUT2D eigenvalue weighted by Crippen LogP contribution is -1.94. The summed E-state index contributed by atoms with van der Waals surface area (Å²) in [5, 5.41) is 6.36. The first-order valence-corrected chi connectivity index (χ1v) is 18.9. The number of pyridine rings is 4. The van der Waals surface area contributed by atoms with Gasteiger partial charge in [0.15, 0.2) is 0 Å². The standard InChI is InChI=1S/C49H30N4S/c1-2-13-31(14-3-1)46-37-17-4-6-21-44(37)53-48(46)39-28-34(23-24-36(39)47-38-18-5-7-22-45(38)54-49(47)53)32-15-12-16-33(27-32)35-29-42(40-19-8-10-25-50-40)52-43(30-35)41-20-9-11-26-51-41/h1-30H. The van der Waals surface area contributed by atoms with Gasteiger partial charge in [0.05, 0.1) is 33.8 Å². The van der Waals surface area contributed by atoms with Crippen molar-refractivity contribution in [3.63, 3.8) is 0 Å². The molecule has 0 spiro atoms. The van der Waals surface area contributed by atoms with Crippen molar-refractivity contribution in [3.8, 4) is 56.2 Å². The number of hydrogen-bond donors (Lipinski definition) is 0. The zero-order valence-corrected chi connectivity index (χ0v) is 29.8. The van der Waals surface area contributed by atoms with Crippen LogP contribution in [0, 0.1) is 0 Å². The Balaban J connectivity index is 1.17. The van der Waals surface area contributed by atoms with E-state index in [1.165, 1.54) is 64.2 Å². The van der Waals surface area contributed by atoms with Crippen molar-refractivity contribution in [1.82, 2.24) is 19.4 Å². The van der Waals surface area contributed by atoms with Gasteiger partial charge in [-0.25, -0.2) is 4.98 Å². The van der Waals surface area contributed by atoms with E-state index >= 15 is 0 Å². The van der Waals surface area contributed by atoms with Gasteiger partial charge in [0, 0.05) is 44.2 Å². The Morgan fingerprint density at radius 3 is 1.78 bits per heavy atom. The van der Waals surface area contributed by atoms with E-state index in [0.29, 0.717) is 0 Å². The molecule has 5 heteroatoms. The maximum Gasteiger partial charge on any atom is 0.109 e. The normalized spacial score (nSPS) is 11.7. The molecule has 252 valence electrons. The molecule has 0 aliphatic rings. The fourth-order valence-electron chi connectivity index (χ4n) is 8.06. The van der Waals surface area contributed by atoms with Gasteiger partial charge in [-0.15, -0.1) is 11.3 Å². The number of para-hydroxylation sites is 1. The van der Waals surface area contributed by atoms with E-state index < -0.39 is 0 Å². The second-order valence-electron chi connectivity index (χ2n) is 13.6. The number of rotatable bonds is 5. The third-order valence-corrected chi connectivity index (χ3v) is 11.6. The molecule has 0 aliphatic heterocycles. The lowest BCUT2D eigenvalue weighted by molar-refractivity contribution is 1.22. The van der Waals surface area contributed by atoms with Crippen molar-refractivity contribution in [2.24, 2.45) is 0 Å². The van der Waals surface area contributed by atoms with Crippen LogP contribution in [0.2, 0.25) is 0 Å². The maximum absolute atomic E-state index is 5.01. The van der Waals surface area contributed by atoms with Gasteiger partial charge in [0.1, 0.15) is 4.83 Å². The summed E-state index contributed by atoms with van der Waals surface area (Å²) in [7, 11) is 0. The van der Waals surface area contributed by atoms with Crippen molar-refractivity contribution >= 4 is 58.8 Å². The predicted octanol–water partition coefficient (Wildman–Crippen LogP) is 13.1. The van der Waals surface area contributed by atoms with Gasteiger partial charge in [-0.3, -0.25) is 14.4 Å². The van der Waals surface area contributed by atoms with Crippen LogP contribution in [-0.4, -0.2) is 19.4 Å². The molecule has 11 aromatic rings. The van der Waals surface area contributed by atoms with E-state index in [1.807, 2.05) is 60.1 Å². The minimum absolute atomic E-state index is 0.813. The second-order valence-corrected chi connectivity index (χ2v) is 14.6. The van der Waals surface area contributed by atoms with Gasteiger partial charge in [0.2, 0.25) is 0 Å². The van der Waals surface area contributed by atoms with E-state index in [-0.39, 0.29) is 0 Å². The topological polar surface area (TPSA) is 43.1 Å². The molecule has 6 heterocycles. The molecule has 0 atom stereocenters. The van der Waals surface area contributed by atoms with Crippen molar-refractivity contribution in [1.29, 1.82) is 0 Å². The summed E-state index contributed by atoms with van der Waals surface area (Å²) < 4.78 is 3.82.